The van der Waals surface area contributed by atoms with Gasteiger partial charge in [-0.2, -0.15) is 0 Å². The standard InChI is InChI=1S/C31H29FN2O/c1-18-24-5-3-2-4-20(24)12-13-34(18)31(35)23-14-26(21-8-9-21)27-17-30(33-29(27)16-23)25-11-10-22(15-28(25)32)19-6-7-19/h2-5,10-11,14-19,21,33H,6-9,12-13H2,1H3/t18-/m1/s1. The molecule has 2 aliphatic carbocycles. The first-order valence-corrected chi connectivity index (χ1v) is 12.9. The number of nitrogens with zero attached hydrogens (tertiary/aromatic N) is 1. The molecule has 176 valence electrons. The summed E-state index contributed by atoms with van der Waals surface area (Å²) in [6.07, 6.45) is 5.49. The maximum atomic E-state index is 15.1. The summed E-state index contributed by atoms with van der Waals surface area (Å²) in [5.74, 6) is 0.911. The van der Waals surface area contributed by atoms with Gasteiger partial charge in [0.2, 0.25) is 0 Å². The number of halogens is 1. The van der Waals surface area contributed by atoms with Crippen molar-refractivity contribution < 1.29 is 9.18 Å². The molecule has 7 rings (SSSR count). The second-order valence-electron chi connectivity index (χ2n) is 10.6. The van der Waals surface area contributed by atoms with E-state index in [0.29, 0.717) is 17.4 Å². The number of fused-ring (bicyclic) bond motifs is 2. The van der Waals surface area contributed by atoms with Gasteiger partial charge < -0.3 is 9.88 Å². The van der Waals surface area contributed by atoms with Crippen molar-refractivity contribution in [2.75, 3.05) is 6.54 Å². The average molecular weight is 465 g/mol. The predicted molar refractivity (Wildman–Crippen MR) is 137 cm³/mol. The number of amides is 1. The van der Waals surface area contributed by atoms with Crippen molar-refractivity contribution in [1.29, 1.82) is 0 Å². The Morgan fingerprint density at radius 3 is 2.51 bits per heavy atom. The van der Waals surface area contributed by atoms with E-state index in [-0.39, 0.29) is 17.8 Å². The van der Waals surface area contributed by atoms with E-state index in [1.165, 1.54) is 16.7 Å². The number of carbonyl (C=O) groups is 1. The van der Waals surface area contributed by atoms with Crippen LogP contribution in [0.15, 0.2) is 60.7 Å². The fourth-order valence-corrected chi connectivity index (χ4v) is 5.90. The molecule has 0 bridgehead atoms. The highest BCUT2D eigenvalue weighted by Crippen LogP contribution is 2.45. The summed E-state index contributed by atoms with van der Waals surface area (Å²) in [7, 11) is 0. The maximum absolute atomic E-state index is 15.1. The number of hydrogen-bond donors (Lipinski definition) is 1. The van der Waals surface area contributed by atoms with Crippen LogP contribution in [0, 0.1) is 5.82 Å². The highest BCUT2D eigenvalue weighted by Gasteiger charge is 2.31. The Labute approximate surface area is 205 Å². The lowest BCUT2D eigenvalue weighted by atomic mass is 9.92. The van der Waals surface area contributed by atoms with Crippen LogP contribution in [0.1, 0.15) is 83.1 Å². The molecule has 2 heterocycles. The molecule has 1 aromatic heterocycles. The lowest BCUT2D eigenvalue weighted by molar-refractivity contribution is 0.0677. The third-order valence-corrected chi connectivity index (χ3v) is 8.22. The Morgan fingerprint density at radius 2 is 1.74 bits per heavy atom. The first kappa shape index (κ1) is 20.9. The Kier molecular flexibility index (Phi) is 4.67. The number of H-pyrrole nitrogens is 1. The minimum Gasteiger partial charge on any atom is -0.354 e. The molecular formula is C31H29FN2O. The van der Waals surface area contributed by atoms with E-state index in [0.717, 1.165) is 66.4 Å². The van der Waals surface area contributed by atoms with E-state index in [1.807, 2.05) is 17.0 Å². The zero-order valence-corrected chi connectivity index (χ0v) is 20.0. The Morgan fingerprint density at radius 1 is 0.943 bits per heavy atom. The number of carbonyl (C=O) groups excluding carboxylic acids is 1. The SMILES string of the molecule is C[C@@H]1c2ccccc2CCN1C(=O)c1cc(C2CC2)c2cc(-c3ccc(C4CC4)cc3F)[nH]c2c1. The van der Waals surface area contributed by atoms with Crippen LogP contribution in [0.25, 0.3) is 22.2 Å². The van der Waals surface area contributed by atoms with Crippen molar-refractivity contribution in [3.63, 3.8) is 0 Å². The minimum absolute atomic E-state index is 0.0470. The molecule has 1 N–H and O–H groups in total. The fourth-order valence-electron chi connectivity index (χ4n) is 5.90. The van der Waals surface area contributed by atoms with E-state index in [1.54, 1.807) is 6.07 Å². The summed E-state index contributed by atoms with van der Waals surface area (Å²) in [6, 6.07) is 20.3. The number of nitrogens with one attached hydrogen (secondary N) is 1. The summed E-state index contributed by atoms with van der Waals surface area (Å²) in [5, 5.41) is 1.11. The fraction of sp³-hybridized carbons (Fsp3) is 0.323. The van der Waals surface area contributed by atoms with Gasteiger partial charge in [0.05, 0.1) is 6.04 Å². The molecule has 3 aromatic carbocycles. The van der Waals surface area contributed by atoms with Gasteiger partial charge in [-0.1, -0.05) is 30.3 Å². The first-order chi connectivity index (χ1) is 17.1. The van der Waals surface area contributed by atoms with Crippen molar-refractivity contribution in [2.24, 2.45) is 0 Å². The van der Waals surface area contributed by atoms with Crippen molar-refractivity contribution in [1.82, 2.24) is 9.88 Å². The lowest BCUT2D eigenvalue weighted by Gasteiger charge is -2.35. The molecule has 35 heavy (non-hydrogen) atoms. The molecular weight excluding hydrogens is 435 g/mol. The molecule has 2 fully saturated rings. The molecule has 0 unspecified atom stereocenters. The van der Waals surface area contributed by atoms with Gasteiger partial charge in [0.25, 0.3) is 5.91 Å². The van der Waals surface area contributed by atoms with Crippen molar-refractivity contribution in [3.05, 3.63) is 94.3 Å². The largest absolute Gasteiger partial charge is 0.354 e. The van der Waals surface area contributed by atoms with Crippen LogP contribution in [-0.2, 0) is 6.42 Å². The van der Waals surface area contributed by atoms with Crippen molar-refractivity contribution in [2.45, 2.75) is 56.9 Å². The molecule has 0 spiro atoms. The van der Waals surface area contributed by atoms with Gasteiger partial charge in [-0.15, -0.1) is 0 Å². The third kappa shape index (κ3) is 3.58. The Balaban J connectivity index is 1.27. The molecule has 1 atom stereocenters. The van der Waals surface area contributed by atoms with Gasteiger partial charge in [-0.05, 0) is 103 Å². The molecule has 0 saturated heterocycles. The minimum atomic E-state index is -0.175. The maximum Gasteiger partial charge on any atom is 0.254 e. The van der Waals surface area contributed by atoms with Crippen LogP contribution >= 0.6 is 0 Å². The second kappa shape index (κ2) is 7.81. The van der Waals surface area contributed by atoms with Crippen LogP contribution in [0.4, 0.5) is 4.39 Å². The highest BCUT2D eigenvalue weighted by molar-refractivity contribution is 6.00. The first-order valence-electron chi connectivity index (χ1n) is 12.9. The van der Waals surface area contributed by atoms with Gasteiger partial charge in [-0.25, -0.2) is 4.39 Å². The van der Waals surface area contributed by atoms with E-state index < -0.39 is 0 Å². The molecule has 4 aromatic rings. The molecule has 1 aliphatic heterocycles. The lowest BCUT2D eigenvalue weighted by Crippen LogP contribution is -2.38. The Bertz CT molecular complexity index is 1480. The average Bonchev–Trinajstić information content (AvgIpc) is 3.80. The number of hydrogen-bond acceptors (Lipinski definition) is 1. The monoisotopic (exact) mass is 464 g/mol. The second-order valence-corrected chi connectivity index (χ2v) is 10.6. The number of benzene rings is 3. The van der Waals surface area contributed by atoms with Gasteiger partial charge in [0.15, 0.2) is 0 Å². The number of rotatable bonds is 4. The topological polar surface area (TPSA) is 36.1 Å². The normalized spacial score (nSPS) is 19.7. The number of aromatic amines is 1. The smallest absolute Gasteiger partial charge is 0.254 e. The molecule has 0 radical (unpaired) electrons. The third-order valence-electron chi connectivity index (χ3n) is 8.22. The summed E-state index contributed by atoms with van der Waals surface area (Å²) >= 11 is 0. The van der Waals surface area contributed by atoms with E-state index in [2.05, 4.69) is 54.4 Å². The molecule has 1 amide bonds. The van der Waals surface area contributed by atoms with Crippen LogP contribution in [0.5, 0.6) is 0 Å². The van der Waals surface area contributed by atoms with Gasteiger partial charge >= 0.3 is 0 Å². The predicted octanol–water partition coefficient (Wildman–Crippen LogP) is 7.49. The summed E-state index contributed by atoms with van der Waals surface area (Å²) in [5.41, 5.74) is 7.92. The van der Waals surface area contributed by atoms with Crippen LogP contribution in [0.2, 0.25) is 0 Å². The molecule has 2 saturated carbocycles. The van der Waals surface area contributed by atoms with Crippen molar-refractivity contribution in [3.8, 4) is 11.3 Å². The van der Waals surface area contributed by atoms with E-state index in [4.69, 9.17) is 0 Å². The van der Waals surface area contributed by atoms with Gasteiger partial charge in [0, 0.05) is 34.3 Å². The number of aromatic nitrogens is 1. The summed E-state index contributed by atoms with van der Waals surface area (Å²) < 4.78 is 15.1. The zero-order chi connectivity index (χ0) is 23.7. The zero-order valence-electron chi connectivity index (χ0n) is 20.0. The van der Waals surface area contributed by atoms with E-state index in [9.17, 15) is 4.79 Å². The quantitative estimate of drug-likeness (QED) is 0.334. The van der Waals surface area contributed by atoms with Crippen LogP contribution in [-0.4, -0.2) is 22.3 Å². The van der Waals surface area contributed by atoms with Crippen LogP contribution < -0.4 is 0 Å². The van der Waals surface area contributed by atoms with E-state index >= 15 is 4.39 Å². The van der Waals surface area contributed by atoms with Gasteiger partial charge in [0.1, 0.15) is 5.82 Å². The van der Waals surface area contributed by atoms with Gasteiger partial charge in [-0.3, -0.25) is 4.79 Å². The summed E-state index contributed by atoms with van der Waals surface area (Å²) in [6.45, 7) is 2.85. The summed E-state index contributed by atoms with van der Waals surface area (Å²) in [4.78, 5) is 19.2. The highest BCUT2D eigenvalue weighted by atomic mass is 19.1. The van der Waals surface area contributed by atoms with Crippen LogP contribution in [0.3, 0.4) is 0 Å². The molecule has 3 nitrogen and oxygen atoms in total. The molecule has 3 aliphatic rings. The van der Waals surface area contributed by atoms with Crippen molar-refractivity contribution >= 4 is 16.8 Å². The molecule has 4 heteroatoms. The Hall–Kier alpha value is -3.40.